The van der Waals surface area contributed by atoms with Crippen LogP contribution in [0.15, 0.2) is 18.3 Å². The fourth-order valence-electron chi connectivity index (χ4n) is 2.95. The van der Waals surface area contributed by atoms with Gasteiger partial charge in [-0.05, 0) is 31.2 Å². The Morgan fingerprint density at radius 1 is 1.19 bits per heavy atom. The molecule has 0 bridgehead atoms. The first-order chi connectivity index (χ1) is 10.3. The van der Waals surface area contributed by atoms with E-state index in [1.807, 2.05) is 12.3 Å². The van der Waals surface area contributed by atoms with Gasteiger partial charge in [0, 0.05) is 19.2 Å². The second-order valence-corrected chi connectivity index (χ2v) is 5.85. The van der Waals surface area contributed by atoms with Crippen molar-refractivity contribution >= 4 is 5.69 Å². The zero-order chi connectivity index (χ0) is 14.9. The number of rotatable bonds is 7. The molecule has 1 N–H and O–H groups in total. The molecule has 1 saturated carbocycles. The largest absolute Gasteiger partial charge is 0.475 e. The number of hydrogen-bond acceptors (Lipinski definition) is 4. The maximum atomic E-state index is 5.48. The van der Waals surface area contributed by atoms with Crippen molar-refractivity contribution in [3.8, 4) is 5.88 Å². The minimum atomic E-state index is 0.539. The van der Waals surface area contributed by atoms with Gasteiger partial charge in [0.1, 0.15) is 6.61 Å². The lowest BCUT2D eigenvalue weighted by atomic mass is 9.98. The van der Waals surface area contributed by atoms with Gasteiger partial charge in [-0.1, -0.05) is 26.2 Å². The quantitative estimate of drug-likeness (QED) is 0.612. The third-order valence-electron chi connectivity index (χ3n) is 4.31. The predicted octanol–water partition coefficient (Wildman–Crippen LogP) is 3.88. The standard InChI is InChI=1S/C17H28N2O2/c1-3-14-5-4-6-15(8-7-14)19-16-9-10-17(18-13-16)21-12-11-20-2/h9-10,13-15,19H,3-8,11-12H2,1-2H3. The molecule has 4 heteroatoms. The molecule has 2 unspecified atom stereocenters. The van der Waals surface area contributed by atoms with Crippen LogP contribution in [0.4, 0.5) is 5.69 Å². The summed E-state index contributed by atoms with van der Waals surface area (Å²) in [6.45, 7) is 3.43. The van der Waals surface area contributed by atoms with Gasteiger partial charge >= 0.3 is 0 Å². The van der Waals surface area contributed by atoms with Gasteiger partial charge in [0.2, 0.25) is 5.88 Å². The summed E-state index contributed by atoms with van der Waals surface area (Å²) in [5, 5.41) is 3.62. The second-order valence-electron chi connectivity index (χ2n) is 5.85. The first-order valence-corrected chi connectivity index (χ1v) is 8.16. The Hall–Kier alpha value is -1.29. The maximum absolute atomic E-state index is 5.48. The van der Waals surface area contributed by atoms with Crippen LogP contribution in [0, 0.1) is 5.92 Å². The first-order valence-electron chi connectivity index (χ1n) is 8.16. The molecule has 1 aromatic rings. The molecule has 1 heterocycles. The highest BCUT2D eigenvalue weighted by Gasteiger charge is 2.17. The molecule has 1 fully saturated rings. The van der Waals surface area contributed by atoms with Crippen molar-refractivity contribution < 1.29 is 9.47 Å². The number of hydrogen-bond donors (Lipinski definition) is 1. The van der Waals surface area contributed by atoms with Crippen LogP contribution in [-0.4, -0.2) is 31.3 Å². The van der Waals surface area contributed by atoms with Gasteiger partial charge in [0.25, 0.3) is 0 Å². The van der Waals surface area contributed by atoms with Gasteiger partial charge in [-0.15, -0.1) is 0 Å². The van der Waals surface area contributed by atoms with Gasteiger partial charge in [0.05, 0.1) is 18.5 Å². The lowest BCUT2D eigenvalue weighted by Crippen LogP contribution is -2.18. The van der Waals surface area contributed by atoms with Crippen LogP contribution in [0.25, 0.3) is 0 Å². The van der Waals surface area contributed by atoms with Crippen LogP contribution in [0.5, 0.6) is 5.88 Å². The summed E-state index contributed by atoms with van der Waals surface area (Å²) >= 11 is 0. The van der Waals surface area contributed by atoms with E-state index in [0.717, 1.165) is 11.6 Å². The highest BCUT2D eigenvalue weighted by atomic mass is 16.5. The minimum absolute atomic E-state index is 0.539. The molecule has 2 rings (SSSR count). The van der Waals surface area contributed by atoms with Crippen molar-refractivity contribution in [3.05, 3.63) is 18.3 Å². The van der Waals surface area contributed by atoms with E-state index in [4.69, 9.17) is 9.47 Å². The molecular formula is C17H28N2O2. The zero-order valence-electron chi connectivity index (χ0n) is 13.3. The van der Waals surface area contributed by atoms with Gasteiger partial charge in [-0.3, -0.25) is 0 Å². The van der Waals surface area contributed by atoms with Gasteiger partial charge < -0.3 is 14.8 Å². The molecule has 0 amide bonds. The average Bonchev–Trinajstić information content (AvgIpc) is 2.74. The highest BCUT2D eigenvalue weighted by Crippen LogP contribution is 2.27. The normalized spacial score (nSPS) is 22.6. The lowest BCUT2D eigenvalue weighted by Gasteiger charge is -2.18. The Morgan fingerprint density at radius 3 is 2.81 bits per heavy atom. The topological polar surface area (TPSA) is 43.4 Å². The fourth-order valence-corrected chi connectivity index (χ4v) is 2.95. The summed E-state index contributed by atoms with van der Waals surface area (Å²) in [5.74, 6) is 1.58. The Kier molecular flexibility index (Phi) is 6.80. The monoisotopic (exact) mass is 292 g/mol. The van der Waals surface area contributed by atoms with E-state index in [1.54, 1.807) is 7.11 Å². The van der Waals surface area contributed by atoms with Crippen LogP contribution in [0.2, 0.25) is 0 Å². The lowest BCUT2D eigenvalue weighted by molar-refractivity contribution is 0.144. The third-order valence-corrected chi connectivity index (χ3v) is 4.31. The summed E-state index contributed by atoms with van der Waals surface area (Å²) < 4.78 is 10.4. The first kappa shape index (κ1) is 16.1. The van der Waals surface area contributed by atoms with E-state index in [1.165, 1.54) is 38.5 Å². The molecule has 1 aliphatic carbocycles. The van der Waals surface area contributed by atoms with Crippen LogP contribution in [-0.2, 0) is 4.74 Å². The van der Waals surface area contributed by atoms with Crippen molar-refractivity contribution in [3.63, 3.8) is 0 Å². The molecule has 1 aromatic heterocycles. The smallest absolute Gasteiger partial charge is 0.213 e. The molecule has 0 saturated heterocycles. The predicted molar refractivity (Wildman–Crippen MR) is 85.9 cm³/mol. The molecule has 0 spiro atoms. The van der Waals surface area contributed by atoms with E-state index in [9.17, 15) is 0 Å². The number of pyridine rings is 1. The summed E-state index contributed by atoms with van der Waals surface area (Å²) in [4.78, 5) is 4.33. The molecule has 1 aliphatic rings. The molecule has 4 nitrogen and oxygen atoms in total. The van der Waals surface area contributed by atoms with Crippen molar-refractivity contribution in [1.29, 1.82) is 0 Å². The van der Waals surface area contributed by atoms with Crippen molar-refractivity contribution in [2.45, 2.75) is 51.5 Å². The van der Waals surface area contributed by atoms with Crippen molar-refractivity contribution in [2.24, 2.45) is 5.92 Å². The number of methoxy groups -OCH3 is 1. The Labute approximate surface area is 128 Å². The van der Waals surface area contributed by atoms with E-state index in [2.05, 4.69) is 23.3 Å². The van der Waals surface area contributed by atoms with Crippen LogP contribution in [0.3, 0.4) is 0 Å². The zero-order valence-corrected chi connectivity index (χ0v) is 13.3. The highest BCUT2D eigenvalue weighted by molar-refractivity contribution is 5.43. The maximum Gasteiger partial charge on any atom is 0.213 e. The summed E-state index contributed by atoms with van der Waals surface area (Å²) in [6.07, 6.45) is 9.79. The number of nitrogens with one attached hydrogen (secondary N) is 1. The molecular weight excluding hydrogens is 264 g/mol. The van der Waals surface area contributed by atoms with Crippen LogP contribution in [0.1, 0.15) is 45.4 Å². The molecule has 21 heavy (non-hydrogen) atoms. The second kappa shape index (κ2) is 8.88. The van der Waals surface area contributed by atoms with E-state index in [-0.39, 0.29) is 0 Å². The Bertz CT molecular complexity index is 394. The third kappa shape index (κ3) is 5.54. The van der Waals surface area contributed by atoms with E-state index < -0.39 is 0 Å². The summed E-state index contributed by atoms with van der Waals surface area (Å²) in [6, 6.07) is 4.56. The number of ether oxygens (including phenoxy) is 2. The molecule has 118 valence electrons. The number of nitrogens with zero attached hydrogens (tertiary/aromatic N) is 1. The fraction of sp³-hybridized carbons (Fsp3) is 0.706. The summed E-state index contributed by atoms with van der Waals surface area (Å²) in [5.41, 5.74) is 1.09. The molecule has 0 aromatic carbocycles. The average molecular weight is 292 g/mol. The van der Waals surface area contributed by atoms with E-state index in [0.29, 0.717) is 25.1 Å². The van der Waals surface area contributed by atoms with Gasteiger partial charge in [-0.2, -0.15) is 0 Å². The van der Waals surface area contributed by atoms with E-state index >= 15 is 0 Å². The van der Waals surface area contributed by atoms with Gasteiger partial charge in [-0.25, -0.2) is 4.98 Å². The van der Waals surface area contributed by atoms with Crippen molar-refractivity contribution in [2.75, 3.05) is 25.6 Å². The summed E-state index contributed by atoms with van der Waals surface area (Å²) in [7, 11) is 1.67. The van der Waals surface area contributed by atoms with Crippen LogP contribution >= 0.6 is 0 Å². The minimum Gasteiger partial charge on any atom is -0.475 e. The van der Waals surface area contributed by atoms with Gasteiger partial charge in [0.15, 0.2) is 0 Å². The number of anilines is 1. The Balaban J connectivity index is 1.79. The van der Waals surface area contributed by atoms with Crippen LogP contribution < -0.4 is 10.1 Å². The molecule has 0 radical (unpaired) electrons. The van der Waals surface area contributed by atoms with Crippen molar-refractivity contribution in [1.82, 2.24) is 4.98 Å². The molecule has 0 aliphatic heterocycles. The SMILES string of the molecule is CCC1CCCC(Nc2ccc(OCCOC)nc2)CC1. The Morgan fingerprint density at radius 2 is 2.10 bits per heavy atom. The molecule has 2 atom stereocenters. The number of aromatic nitrogens is 1.